The predicted octanol–water partition coefficient (Wildman–Crippen LogP) is 7.37. The summed E-state index contributed by atoms with van der Waals surface area (Å²) in [6.45, 7) is 2.20. The van der Waals surface area contributed by atoms with Crippen LogP contribution >= 0.6 is 11.6 Å². The van der Waals surface area contributed by atoms with Crippen LogP contribution in [0, 0.1) is 6.92 Å². The molecule has 0 amide bonds. The van der Waals surface area contributed by atoms with Crippen LogP contribution in [-0.4, -0.2) is 9.97 Å². The SMILES string of the molecule is Cc1cc(-c2ccc(C(F)(F)F)cc2)ccc1COc1ncc(Cl)cc1-c1ccccn1. The lowest BCUT2D eigenvalue weighted by Crippen LogP contribution is -2.04. The number of aryl methyl sites for hydroxylation is 1. The number of nitrogens with zero attached hydrogens (tertiary/aromatic N) is 2. The lowest BCUT2D eigenvalue weighted by atomic mass is 9.99. The van der Waals surface area contributed by atoms with Crippen molar-refractivity contribution < 1.29 is 17.9 Å². The summed E-state index contributed by atoms with van der Waals surface area (Å²) in [4.78, 5) is 8.65. The van der Waals surface area contributed by atoms with Gasteiger partial charge in [0.05, 0.1) is 21.8 Å². The number of hydrogen-bond donors (Lipinski definition) is 0. The van der Waals surface area contributed by atoms with Gasteiger partial charge in [0.25, 0.3) is 0 Å². The van der Waals surface area contributed by atoms with Gasteiger partial charge in [-0.25, -0.2) is 4.98 Å². The number of pyridine rings is 2. The summed E-state index contributed by atoms with van der Waals surface area (Å²) in [6, 6.07) is 18.1. The van der Waals surface area contributed by atoms with Gasteiger partial charge in [-0.05, 0) is 59.5 Å². The van der Waals surface area contributed by atoms with Crippen LogP contribution < -0.4 is 4.74 Å². The summed E-state index contributed by atoms with van der Waals surface area (Å²) in [7, 11) is 0. The normalized spacial score (nSPS) is 11.4. The van der Waals surface area contributed by atoms with E-state index in [2.05, 4.69) is 9.97 Å². The van der Waals surface area contributed by atoms with E-state index in [-0.39, 0.29) is 6.61 Å². The average Bonchev–Trinajstić information content (AvgIpc) is 2.79. The average molecular weight is 455 g/mol. The third-order valence-corrected chi connectivity index (χ3v) is 5.22. The van der Waals surface area contributed by atoms with Crippen molar-refractivity contribution in [3.8, 4) is 28.3 Å². The maximum absolute atomic E-state index is 12.8. The standard InChI is InChI=1S/C25H18ClF3N2O/c1-16-12-18(17-7-9-20(10-8-17)25(27,28)29)5-6-19(16)15-32-24-22(13-21(26)14-31-24)23-4-2-3-11-30-23/h2-14H,15H2,1H3. The molecule has 3 nitrogen and oxygen atoms in total. The molecule has 2 heterocycles. The second kappa shape index (κ2) is 9.01. The summed E-state index contributed by atoms with van der Waals surface area (Å²) in [6.07, 6.45) is -1.15. The quantitative estimate of drug-likeness (QED) is 0.316. The van der Waals surface area contributed by atoms with E-state index in [1.165, 1.54) is 18.3 Å². The third-order valence-electron chi connectivity index (χ3n) is 5.01. The Kier molecular flexibility index (Phi) is 6.15. The Balaban J connectivity index is 1.53. The number of halogens is 4. The van der Waals surface area contributed by atoms with Gasteiger partial charge in [0.1, 0.15) is 6.61 Å². The fourth-order valence-corrected chi connectivity index (χ4v) is 3.44. The molecule has 0 bridgehead atoms. The summed E-state index contributed by atoms with van der Waals surface area (Å²) in [5.74, 6) is 0.416. The Morgan fingerprint density at radius 2 is 1.66 bits per heavy atom. The number of ether oxygens (including phenoxy) is 1. The molecule has 0 fully saturated rings. The van der Waals surface area contributed by atoms with E-state index in [1.54, 1.807) is 12.3 Å². The molecule has 0 unspecified atom stereocenters. The topological polar surface area (TPSA) is 35.0 Å². The van der Waals surface area contributed by atoms with E-state index in [4.69, 9.17) is 16.3 Å². The van der Waals surface area contributed by atoms with Gasteiger partial charge < -0.3 is 4.74 Å². The van der Waals surface area contributed by atoms with Crippen LogP contribution in [0.4, 0.5) is 13.2 Å². The fourth-order valence-electron chi connectivity index (χ4n) is 3.28. The van der Waals surface area contributed by atoms with Gasteiger partial charge >= 0.3 is 6.18 Å². The van der Waals surface area contributed by atoms with Crippen molar-refractivity contribution in [3.63, 3.8) is 0 Å². The van der Waals surface area contributed by atoms with Crippen LogP contribution in [-0.2, 0) is 12.8 Å². The molecule has 0 aliphatic carbocycles. The van der Waals surface area contributed by atoms with Crippen LogP contribution in [0.3, 0.4) is 0 Å². The van der Waals surface area contributed by atoms with Crippen LogP contribution in [0.2, 0.25) is 5.02 Å². The Morgan fingerprint density at radius 1 is 0.906 bits per heavy atom. The second-order valence-corrected chi connectivity index (χ2v) is 7.66. The number of benzene rings is 2. The van der Waals surface area contributed by atoms with E-state index in [0.717, 1.165) is 28.8 Å². The number of hydrogen-bond acceptors (Lipinski definition) is 3. The van der Waals surface area contributed by atoms with E-state index in [1.807, 2.05) is 43.3 Å². The van der Waals surface area contributed by atoms with E-state index >= 15 is 0 Å². The lowest BCUT2D eigenvalue weighted by Gasteiger charge is -2.13. The molecule has 2 aromatic heterocycles. The molecule has 162 valence electrons. The summed E-state index contributed by atoms with van der Waals surface area (Å²) in [5.41, 5.74) is 4.16. The van der Waals surface area contributed by atoms with Crippen LogP contribution in [0.25, 0.3) is 22.4 Å². The highest BCUT2D eigenvalue weighted by Gasteiger charge is 2.29. The Hall–Kier alpha value is -3.38. The molecule has 0 saturated carbocycles. The molecule has 4 rings (SSSR count). The number of rotatable bonds is 5. The van der Waals surface area contributed by atoms with Gasteiger partial charge in [0.2, 0.25) is 5.88 Å². The molecule has 0 radical (unpaired) electrons. The predicted molar refractivity (Wildman–Crippen MR) is 118 cm³/mol. The van der Waals surface area contributed by atoms with E-state index < -0.39 is 11.7 Å². The minimum absolute atomic E-state index is 0.271. The summed E-state index contributed by atoms with van der Waals surface area (Å²) >= 11 is 6.11. The molecular weight excluding hydrogens is 437 g/mol. The highest BCUT2D eigenvalue weighted by Crippen LogP contribution is 2.32. The summed E-state index contributed by atoms with van der Waals surface area (Å²) < 4.78 is 44.4. The molecule has 0 saturated heterocycles. The van der Waals surface area contributed by atoms with Crippen molar-refractivity contribution in [1.82, 2.24) is 9.97 Å². The third kappa shape index (κ3) is 4.92. The van der Waals surface area contributed by atoms with Crippen LogP contribution in [0.15, 0.2) is 79.1 Å². The zero-order chi connectivity index (χ0) is 22.7. The monoisotopic (exact) mass is 454 g/mol. The maximum atomic E-state index is 12.8. The van der Waals surface area contributed by atoms with Crippen molar-refractivity contribution in [2.24, 2.45) is 0 Å². The first-order valence-corrected chi connectivity index (χ1v) is 10.2. The van der Waals surface area contributed by atoms with Gasteiger partial charge in [-0.3, -0.25) is 4.98 Å². The molecule has 0 N–H and O–H groups in total. The largest absolute Gasteiger partial charge is 0.472 e. The first-order valence-electron chi connectivity index (χ1n) is 9.78. The van der Waals surface area contributed by atoms with Gasteiger partial charge in [0.15, 0.2) is 0 Å². The molecule has 0 aliphatic heterocycles. The zero-order valence-electron chi connectivity index (χ0n) is 17.0. The second-order valence-electron chi connectivity index (χ2n) is 7.23. The summed E-state index contributed by atoms with van der Waals surface area (Å²) in [5, 5.41) is 0.482. The van der Waals surface area contributed by atoms with Gasteiger partial charge in [-0.15, -0.1) is 0 Å². The highest BCUT2D eigenvalue weighted by molar-refractivity contribution is 6.30. The van der Waals surface area contributed by atoms with E-state index in [0.29, 0.717) is 27.7 Å². The molecule has 32 heavy (non-hydrogen) atoms. The van der Waals surface area contributed by atoms with Crippen molar-refractivity contribution in [1.29, 1.82) is 0 Å². The van der Waals surface area contributed by atoms with Gasteiger partial charge in [0, 0.05) is 12.4 Å². The molecule has 0 spiro atoms. The fraction of sp³-hybridized carbons (Fsp3) is 0.120. The van der Waals surface area contributed by atoms with Gasteiger partial charge in [-0.2, -0.15) is 13.2 Å². The molecular formula is C25H18ClF3N2O. The first-order chi connectivity index (χ1) is 15.3. The van der Waals surface area contributed by atoms with Crippen LogP contribution in [0.1, 0.15) is 16.7 Å². The number of aromatic nitrogens is 2. The molecule has 4 aromatic rings. The van der Waals surface area contributed by atoms with E-state index in [9.17, 15) is 13.2 Å². The molecule has 2 aromatic carbocycles. The zero-order valence-corrected chi connectivity index (χ0v) is 17.8. The van der Waals surface area contributed by atoms with Crippen molar-refractivity contribution >= 4 is 11.6 Å². The lowest BCUT2D eigenvalue weighted by molar-refractivity contribution is -0.137. The number of alkyl halides is 3. The van der Waals surface area contributed by atoms with Crippen LogP contribution in [0.5, 0.6) is 5.88 Å². The Labute approximate surface area is 188 Å². The first kappa shape index (κ1) is 21.8. The maximum Gasteiger partial charge on any atom is 0.416 e. The smallest absolute Gasteiger partial charge is 0.416 e. The Bertz CT molecular complexity index is 1230. The molecule has 7 heteroatoms. The minimum Gasteiger partial charge on any atom is -0.472 e. The van der Waals surface area contributed by atoms with Crippen molar-refractivity contribution in [2.75, 3.05) is 0 Å². The molecule has 0 atom stereocenters. The van der Waals surface area contributed by atoms with Gasteiger partial charge in [-0.1, -0.05) is 48.0 Å². The Morgan fingerprint density at radius 3 is 2.31 bits per heavy atom. The minimum atomic E-state index is -4.35. The van der Waals surface area contributed by atoms with Crippen molar-refractivity contribution in [3.05, 3.63) is 101 Å². The molecule has 0 aliphatic rings. The highest BCUT2D eigenvalue weighted by atomic mass is 35.5. The van der Waals surface area contributed by atoms with Crippen molar-refractivity contribution in [2.45, 2.75) is 19.7 Å².